The van der Waals surface area contributed by atoms with Gasteiger partial charge in [-0.15, -0.1) is 0 Å². The average Bonchev–Trinajstić information content (AvgIpc) is 3.70. The molecule has 0 saturated heterocycles. The highest BCUT2D eigenvalue weighted by Gasteiger charge is 2.46. The second kappa shape index (κ2) is 12.8. The van der Waals surface area contributed by atoms with Gasteiger partial charge in [-0.05, 0) is 102 Å². The molecule has 9 aromatic rings. The van der Waals surface area contributed by atoms with Crippen LogP contribution in [0.15, 0.2) is 212 Å². The van der Waals surface area contributed by atoms with Crippen molar-refractivity contribution in [2.45, 2.75) is 24.7 Å². The molecular formula is C56H41N. The van der Waals surface area contributed by atoms with E-state index in [0.717, 1.165) is 11.4 Å². The van der Waals surface area contributed by atoms with Crippen molar-refractivity contribution >= 4 is 27.8 Å². The molecule has 0 amide bonds. The van der Waals surface area contributed by atoms with Gasteiger partial charge in [0.15, 0.2) is 0 Å². The standard InChI is InChI=1S/C56H41N/c1-55(2)48-26-14-13-25-47(48)54-50(55)36-31-40-19-16-28-52(53(40)54)57(43-32-29-39(30-33-43)38-17-6-3-7-18-38)44-34-35-46-45-24-12-15-27-49(45)56(51(46)37-44,41-20-8-4-9-21-41)42-22-10-5-11-23-42/h3-37H,1-2H3. The van der Waals surface area contributed by atoms with Crippen molar-refractivity contribution in [3.8, 4) is 33.4 Å². The molecule has 0 saturated carbocycles. The van der Waals surface area contributed by atoms with Crippen LogP contribution in [0, 0.1) is 0 Å². The minimum absolute atomic E-state index is 0.111. The first kappa shape index (κ1) is 33.4. The predicted octanol–water partition coefficient (Wildman–Crippen LogP) is 14.6. The molecule has 0 unspecified atom stereocenters. The summed E-state index contributed by atoms with van der Waals surface area (Å²) in [7, 11) is 0. The quantitative estimate of drug-likeness (QED) is 0.165. The second-order valence-corrected chi connectivity index (χ2v) is 16.0. The zero-order valence-electron chi connectivity index (χ0n) is 32.2. The maximum absolute atomic E-state index is 2.51. The molecule has 0 aromatic heterocycles. The van der Waals surface area contributed by atoms with Gasteiger partial charge >= 0.3 is 0 Å². The number of rotatable bonds is 6. The lowest BCUT2D eigenvalue weighted by Gasteiger charge is -2.35. The van der Waals surface area contributed by atoms with Crippen molar-refractivity contribution in [1.29, 1.82) is 0 Å². The number of nitrogens with zero attached hydrogens (tertiary/aromatic N) is 1. The van der Waals surface area contributed by atoms with Crippen LogP contribution in [0.3, 0.4) is 0 Å². The van der Waals surface area contributed by atoms with Crippen LogP contribution in [0.5, 0.6) is 0 Å². The molecule has 2 aliphatic rings. The Morgan fingerprint density at radius 1 is 0.368 bits per heavy atom. The van der Waals surface area contributed by atoms with E-state index in [1.54, 1.807) is 0 Å². The molecule has 0 bridgehead atoms. The molecule has 0 atom stereocenters. The lowest BCUT2D eigenvalue weighted by molar-refractivity contribution is 0.661. The van der Waals surface area contributed by atoms with Crippen LogP contribution < -0.4 is 4.90 Å². The monoisotopic (exact) mass is 727 g/mol. The van der Waals surface area contributed by atoms with Gasteiger partial charge in [0.05, 0.1) is 11.1 Å². The van der Waals surface area contributed by atoms with Crippen molar-refractivity contribution in [3.63, 3.8) is 0 Å². The molecule has 0 radical (unpaired) electrons. The number of hydrogen-bond donors (Lipinski definition) is 0. The number of anilines is 3. The lowest BCUT2D eigenvalue weighted by Crippen LogP contribution is -2.28. The normalized spacial score (nSPS) is 14.1. The fourth-order valence-corrected chi connectivity index (χ4v) is 10.2. The minimum atomic E-state index is -0.504. The van der Waals surface area contributed by atoms with E-state index in [1.165, 1.54) is 83.2 Å². The molecule has 11 rings (SSSR count). The van der Waals surface area contributed by atoms with E-state index < -0.39 is 5.41 Å². The third kappa shape index (κ3) is 4.89. The first-order valence-corrected chi connectivity index (χ1v) is 20.0. The first-order valence-electron chi connectivity index (χ1n) is 20.0. The average molecular weight is 728 g/mol. The van der Waals surface area contributed by atoms with Crippen molar-refractivity contribution in [2.75, 3.05) is 4.90 Å². The van der Waals surface area contributed by atoms with Crippen molar-refractivity contribution in [1.82, 2.24) is 0 Å². The summed E-state index contributed by atoms with van der Waals surface area (Å²) >= 11 is 0. The predicted molar refractivity (Wildman–Crippen MR) is 239 cm³/mol. The first-order chi connectivity index (χ1) is 28.0. The summed E-state index contributed by atoms with van der Waals surface area (Å²) in [5.74, 6) is 0. The molecule has 1 heteroatoms. The topological polar surface area (TPSA) is 3.24 Å². The molecule has 270 valence electrons. The van der Waals surface area contributed by atoms with Crippen molar-refractivity contribution in [2.24, 2.45) is 0 Å². The molecule has 0 N–H and O–H groups in total. The number of hydrogen-bond acceptors (Lipinski definition) is 1. The van der Waals surface area contributed by atoms with Crippen LogP contribution in [0.2, 0.25) is 0 Å². The van der Waals surface area contributed by atoms with Gasteiger partial charge in [0.25, 0.3) is 0 Å². The van der Waals surface area contributed by atoms with Crippen LogP contribution in [0.1, 0.15) is 47.2 Å². The molecule has 0 spiro atoms. The van der Waals surface area contributed by atoms with E-state index >= 15 is 0 Å². The minimum Gasteiger partial charge on any atom is -0.310 e. The SMILES string of the molecule is CC1(C)c2ccccc2-c2c1ccc1cccc(N(c3ccc(-c4ccccc4)cc3)c3ccc4c(c3)C(c3ccccc3)(c3ccccc3)c3ccccc3-4)c21. The molecule has 1 nitrogen and oxygen atoms in total. The largest absolute Gasteiger partial charge is 0.310 e. The Morgan fingerprint density at radius 3 is 1.63 bits per heavy atom. The Bertz CT molecular complexity index is 2920. The third-order valence-corrected chi connectivity index (χ3v) is 12.7. The van der Waals surface area contributed by atoms with Crippen molar-refractivity contribution in [3.05, 3.63) is 246 Å². The summed E-state index contributed by atoms with van der Waals surface area (Å²) in [6, 6.07) is 78.7. The van der Waals surface area contributed by atoms with Crippen LogP contribution in [-0.2, 0) is 10.8 Å². The van der Waals surface area contributed by atoms with Gasteiger partial charge in [-0.25, -0.2) is 0 Å². The molecule has 57 heavy (non-hydrogen) atoms. The molecule has 0 fully saturated rings. The maximum Gasteiger partial charge on any atom is 0.0714 e. The summed E-state index contributed by atoms with van der Waals surface area (Å²) in [5.41, 5.74) is 18.3. The second-order valence-electron chi connectivity index (χ2n) is 16.0. The molecule has 2 aliphatic carbocycles. The number of benzene rings is 9. The van der Waals surface area contributed by atoms with Gasteiger partial charge in [0, 0.05) is 22.2 Å². The lowest BCUT2D eigenvalue weighted by atomic mass is 9.67. The van der Waals surface area contributed by atoms with E-state index in [0.29, 0.717) is 0 Å². The Labute approximate surface area is 335 Å². The Morgan fingerprint density at radius 2 is 0.930 bits per heavy atom. The van der Waals surface area contributed by atoms with Crippen LogP contribution in [0.25, 0.3) is 44.2 Å². The van der Waals surface area contributed by atoms with Gasteiger partial charge in [0.1, 0.15) is 0 Å². The summed E-state index contributed by atoms with van der Waals surface area (Å²) < 4.78 is 0. The van der Waals surface area contributed by atoms with Gasteiger partial charge < -0.3 is 4.90 Å². The molecule has 0 heterocycles. The Kier molecular flexibility index (Phi) is 7.50. The Hall–Kier alpha value is -6.96. The smallest absolute Gasteiger partial charge is 0.0714 e. The van der Waals surface area contributed by atoms with Crippen LogP contribution >= 0.6 is 0 Å². The maximum atomic E-state index is 2.51. The zero-order chi connectivity index (χ0) is 38.1. The third-order valence-electron chi connectivity index (χ3n) is 12.7. The van der Waals surface area contributed by atoms with Gasteiger partial charge in [-0.3, -0.25) is 0 Å². The van der Waals surface area contributed by atoms with Gasteiger partial charge in [-0.1, -0.05) is 196 Å². The highest BCUT2D eigenvalue weighted by Crippen LogP contribution is 2.58. The summed E-state index contributed by atoms with van der Waals surface area (Å²) in [4.78, 5) is 2.51. The van der Waals surface area contributed by atoms with Crippen molar-refractivity contribution < 1.29 is 0 Å². The van der Waals surface area contributed by atoms with Gasteiger partial charge in [-0.2, -0.15) is 0 Å². The fraction of sp³-hybridized carbons (Fsp3) is 0.0714. The fourth-order valence-electron chi connectivity index (χ4n) is 10.2. The van der Waals surface area contributed by atoms with E-state index in [9.17, 15) is 0 Å². The zero-order valence-corrected chi connectivity index (χ0v) is 32.2. The molecule has 0 aliphatic heterocycles. The van der Waals surface area contributed by atoms with E-state index in [-0.39, 0.29) is 5.41 Å². The van der Waals surface area contributed by atoms with Gasteiger partial charge in [0.2, 0.25) is 0 Å². The summed E-state index contributed by atoms with van der Waals surface area (Å²) in [6.07, 6.45) is 0. The summed E-state index contributed by atoms with van der Waals surface area (Å²) in [5, 5.41) is 2.52. The Balaban J connectivity index is 1.21. The van der Waals surface area contributed by atoms with Crippen LogP contribution in [0.4, 0.5) is 17.1 Å². The highest BCUT2D eigenvalue weighted by atomic mass is 15.1. The van der Waals surface area contributed by atoms with E-state index in [2.05, 4.69) is 231 Å². The van der Waals surface area contributed by atoms with E-state index in [1.807, 2.05) is 0 Å². The van der Waals surface area contributed by atoms with E-state index in [4.69, 9.17) is 0 Å². The molecule has 9 aromatic carbocycles. The van der Waals surface area contributed by atoms with Crippen LogP contribution in [-0.4, -0.2) is 0 Å². The molecular weight excluding hydrogens is 687 g/mol. The summed E-state index contributed by atoms with van der Waals surface area (Å²) in [6.45, 7) is 4.74. The highest BCUT2D eigenvalue weighted by molar-refractivity contribution is 6.11. The number of fused-ring (bicyclic) bond motifs is 8.